The number of nitrogens with zero attached hydrogens (tertiary/aromatic N) is 3. The Bertz CT molecular complexity index is 528. The Morgan fingerprint density at radius 3 is 2.73 bits per heavy atom. The number of morpholine rings is 1. The van der Waals surface area contributed by atoms with Crippen molar-refractivity contribution in [2.75, 3.05) is 38.2 Å². The molecule has 5 heteroatoms. The highest BCUT2D eigenvalue weighted by molar-refractivity contribution is 5.39. The zero-order valence-electron chi connectivity index (χ0n) is 13.1. The lowest BCUT2D eigenvalue weighted by Crippen LogP contribution is -2.58. The van der Waals surface area contributed by atoms with Crippen LogP contribution in [0.1, 0.15) is 37.8 Å². The molecule has 0 bridgehead atoms. The molecule has 22 heavy (non-hydrogen) atoms. The van der Waals surface area contributed by atoms with Crippen LogP contribution in [0.4, 0.5) is 5.82 Å². The fourth-order valence-electron chi connectivity index (χ4n) is 3.70. The SMILES string of the molecule is N#Cc1cccc(NCC2(N3CCOCC3)CCCCC2)n1. The smallest absolute Gasteiger partial charge is 0.142 e. The summed E-state index contributed by atoms with van der Waals surface area (Å²) in [6.45, 7) is 4.61. The first kappa shape index (κ1) is 15.3. The highest BCUT2D eigenvalue weighted by Gasteiger charge is 2.38. The predicted molar refractivity (Wildman–Crippen MR) is 85.6 cm³/mol. The summed E-state index contributed by atoms with van der Waals surface area (Å²) in [7, 11) is 0. The molecule has 1 aliphatic carbocycles. The van der Waals surface area contributed by atoms with E-state index in [1.165, 1.54) is 32.1 Å². The number of hydrogen-bond donors (Lipinski definition) is 1. The summed E-state index contributed by atoms with van der Waals surface area (Å²) < 4.78 is 5.52. The monoisotopic (exact) mass is 300 g/mol. The van der Waals surface area contributed by atoms with Crippen LogP contribution in [0.2, 0.25) is 0 Å². The Morgan fingerprint density at radius 1 is 1.23 bits per heavy atom. The first-order valence-electron chi connectivity index (χ1n) is 8.26. The number of nitriles is 1. The summed E-state index contributed by atoms with van der Waals surface area (Å²) in [6.07, 6.45) is 6.40. The molecule has 2 fully saturated rings. The first-order valence-corrected chi connectivity index (χ1v) is 8.26. The summed E-state index contributed by atoms with van der Waals surface area (Å²) >= 11 is 0. The summed E-state index contributed by atoms with van der Waals surface area (Å²) in [4.78, 5) is 6.94. The van der Waals surface area contributed by atoms with Gasteiger partial charge in [0.25, 0.3) is 0 Å². The maximum Gasteiger partial charge on any atom is 0.142 e. The highest BCUT2D eigenvalue weighted by Crippen LogP contribution is 2.34. The lowest BCUT2D eigenvalue weighted by Gasteiger charge is -2.48. The van der Waals surface area contributed by atoms with Crippen LogP contribution in [0.15, 0.2) is 18.2 Å². The van der Waals surface area contributed by atoms with Crippen molar-refractivity contribution < 1.29 is 4.74 Å². The predicted octanol–water partition coefficient (Wildman–Crippen LogP) is 2.40. The van der Waals surface area contributed by atoms with Crippen molar-refractivity contribution in [1.29, 1.82) is 5.26 Å². The van der Waals surface area contributed by atoms with Crippen LogP contribution < -0.4 is 5.32 Å². The van der Waals surface area contributed by atoms with Gasteiger partial charge in [-0.3, -0.25) is 4.90 Å². The number of anilines is 1. The Balaban J connectivity index is 1.71. The molecular weight excluding hydrogens is 276 g/mol. The summed E-state index contributed by atoms with van der Waals surface area (Å²) in [5.74, 6) is 0.803. The van der Waals surface area contributed by atoms with Crippen LogP contribution in [-0.4, -0.2) is 48.3 Å². The topological polar surface area (TPSA) is 61.2 Å². The van der Waals surface area contributed by atoms with Gasteiger partial charge in [0.05, 0.1) is 13.2 Å². The van der Waals surface area contributed by atoms with E-state index in [1.54, 1.807) is 6.07 Å². The molecule has 0 aromatic carbocycles. The second kappa shape index (κ2) is 7.08. The van der Waals surface area contributed by atoms with E-state index < -0.39 is 0 Å². The van der Waals surface area contributed by atoms with Crippen LogP contribution in [0.5, 0.6) is 0 Å². The normalized spacial score (nSPS) is 22.0. The molecule has 0 atom stereocenters. The molecule has 1 aromatic rings. The third-order valence-electron chi connectivity index (χ3n) is 4.93. The molecular formula is C17H24N4O. The zero-order chi connectivity index (χ0) is 15.3. The molecule has 0 spiro atoms. The molecule has 5 nitrogen and oxygen atoms in total. The van der Waals surface area contributed by atoms with Gasteiger partial charge in [-0.05, 0) is 25.0 Å². The van der Waals surface area contributed by atoms with Crippen molar-refractivity contribution in [3.05, 3.63) is 23.9 Å². The molecule has 3 rings (SSSR count). The van der Waals surface area contributed by atoms with E-state index >= 15 is 0 Å². The van der Waals surface area contributed by atoms with E-state index in [9.17, 15) is 0 Å². The second-order valence-corrected chi connectivity index (χ2v) is 6.26. The van der Waals surface area contributed by atoms with Gasteiger partial charge >= 0.3 is 0 Å². The van der Waals surface area contributed by atoms with Gasteiger partial charge in [-0.2, -0.15) is 5.26 Å². The zero-order valence-corrected chi connectivity index (χ0v) is 13.1. The quantitative estimate of drug-likeness (QED) is 0.925. The number of pyridine rings is 1. The van der Waals surface area contributed by atoms with Gasteiger partial charge in [-0.25, -0.2) is 4.98 Å². The molecule has 1 N–H and O–H groups in total. The van der Waals surface area contributed by atoms with Crippen molar-refractivity contribution in [2.45, 2.75) is 37.6 Å². The Kier molecular flexibility index (Phi) is 4.91. The van der Waals surface area contributed by atoms with E-state index in [4.69, 9.17) is 10.00 Å². The van der Waals surface area contributed by atoms with Crippen molar-refractivity contribution in [3.8, 4) is 6.07 Å². The van der Waals surface area contributed by atoms with Gasteiger partial charge < -0.3 is 10.1 Å². The van der Waals surface area contributed by atoms with Crippen LogP contribution in [0, 0.1) is 11.3 Å². The number of aromatic nitrogens is 1. The first-order chi connectivity index (χ1) is 10.8. The standard InChI is InChI=1S/C17H24N4O/c18-13-15-5-4-6-16(20-15)19-14-17(7-2-1-3-8-17)21-9-11-22-12-10-21/h4-6H,1-3,7-12,14H2,(H,19,20). The molecule has 0 amide bonds. The molecule has 2 heterocycles. The number of rotatable bonds is 4. The Labute approximate surface area is 132 Å². The molecule has 2 aliphatic rings. The minimum atomic E-state index is 0.215. The van der Waals surface area contributed by atoms with Crippen molar-refractivity contribution in [1.82, 2.24) is 9.88 Å². The maximum atomic E-state index is 8.97. The average Bonchev–Trinajstić information content (AvgIpc) is 2.62. The third-order valence-corrected chi connectivity index (χ3v) is 4.93. The number of ether oxygens (including phenoxy) is 1. The summed E-state index contributed by atoms with van der Waals surface area (Å²) in [6, 6.07) is 7.67. The van der Waals surface area contributed by atoms with Crippen LogP contribution >= 0.6 is 0 Å². The summed E-state index contributed by atoms with van der Waals surface area (Å²) in [5.41, 5.74) is 0.681. The van der Waals surface area contributed by atoms with E-state index in [0.717, 1.165) is 38.7 Å². The fourth-order valence-corrected chi connectivity index (χ4v) is 3.70. The lowest BCUT2D eigenvalue weighted by atomic mass is 9.79. The third kappa shape index (κ3) is 3.40. The van der Waals surface area contributed by atoms with Gasteiger partial charge in [0, 0.05) is 25.2 Å². The van der Waals surface area contributed by atoms with Crippen LogP contribution in [-0.2, 0) is 4.74 Å². The van der Waals surface area contributed by atoms with Gasteiger partial charge in [0.1, 0.15) is 17.6 Å². The largest absolute Gasteiger partial charge is 0.379 e. The van der Waals surface area contributed by atoms with Crippen molar-refractivity contribution >= 4 is 5.82 Å². The summed E-state index contributed by atoms with van der Waals surface area (Å²) in [5, 5.41) is 12.5. The van der Waals surface area contributed by atoms with Crippen LogP contribution in [0.3, 0.4) is 0 Å². The molecule has 0 radical (unpaired) electrons. The highest BCUT2D eigenvalue weighted by atomic mass is 16.5. The molecule has 1 aliphatic heterocycles. The van der Waals surface area contributed by atoms with Gasteiger partial charge in [-0.1, -0.05) is 25.3 Å². The van der Waals surface area contributed by atoms with Crippen LogP contribution in [0.25, 0.3) is 0 Å². The fraction of sp³-hybridized carbons (Fsp3) is 0.647. The van der Waals surface area contributed by atoms with Crippen molar-refractivity contribution in [3.63, 3.8) is 0 Å². The number of hydrogen-bond acceptors (Lipinski definition) is 5. The van der Waals surface area contributed by atoms with E-state index in [-0.39, 0.29) is 5.54 Å². The van der Waals surface area contributed by atoms with Gasteiger partial charge in [0.15, 0.2) is 0 Å². The van der Waals surface area contributed by atoms with Crippen molar-refractivity contribution in [2.24, 2.45) is 0 Å². The molecule has 0 unspecified atom stereocenters. The molecule has 1 aromatic heterocycles. The minimum absolute atomic E-state index is 0.215. The van der Waals surface area contributed by atoms with E-state index in [1.807, 2.05) is 12.1 Å². The Hall–Kier alpha value is -1.64. The Morgan fingerprint density at radius 2 is 2.00 bits per heavy atom. The van der Waals surface area contributed by atoms with E-state index in [0.29, 0.717) is 5.69 Å². The second-order valence-electron chi connectivity index (χ2n) is 6.26. The average molecular weight is 300 g/mol. The lowest BCUT2D eigenvalue weighted by molar-refractivity contribution is -0.0318. The van der Waals surface area contributed by atoms with Gasteiger partial charge in [0.2, 0.25) is 0 Å². The van der Waals surface area contributed by atoms with Gasteiger partial charge in [-0.15, -0.1) is 0 Å². The number of nitrogens with one attached hydrogen (secondary N) is 1. The minimum Gasteiger partial charge on any atom is -0.379 e. The maximum absolute atomic E-state index is 8.97. The van der Waals surface area contributed by atoms with E-state index in [2.05, 4.69) is 21.3 Å². The molecule has 1 saturated heterocycles. The molecule has 118 valence electrons. The molecule has 1 saturated carbocycles.